The first-order valence-corrected chi connectivity index (χ1v) is 5.28. The molecule has 1 atom stereocenters. The molecule has 0 amide bonds. The molecule has 0 aromatic rings. The highest BCUT2D eigenvalue weighted by molar-refractivity contribution is 4.88. The van der Waals surface area contributed by atoms with E-state index in [1.165, 1.54) is 0 Å². The SMILES string of the molecule is CCOC(CCO)C(CO)(CO)OCC. The van der Waals surface area contributed by atoms with Crippen LogP contribution in [0.5, 0.6) is 0 Å². The Hall–Kier alpha value is -0.200. The summed E-state index contributed by atoms with van der Waals surface area (Å²) in [7, 11) is 0. The molecule has 0 aliphatic carbocycles. The van der Waals surface area contributed by atoms with Crippen molar-refractivity contribution in [2.75, 3.05) is 33.0 Å². The molecule has 5 nitrogen and oxygen atoms in total. The maximum atomic E-state index is 9.28. The Balaban J connectivity index is 4.62. The molecule has 0 aromatic carbocycles. The van der Waals surface area contributed by atoms with Gasteiger partial charge in [-0.1, -0.05) is 0 Å². The van der Waals surface area contributed by atoms with Crippen LogP contribution in [0.1, 0.15) is 20.3 Å². The Bertz CT molecular complexity index is 141. The second-order valence-corrected chi connectivity index (χ2v) is 3.27. The topological polar surface area (TPSA) is 79.2 Å². The summed E-state index contributed by atoms with van der Waals surface area (Å²) in [6.45, 7) is 3.68. The number of aliphatic hydroxyl groups is 3. The summed E-state index contributed by atoms with van der Waals surface area (Å²) in [6.07, 6.45) is -0.169. The standard InChI is InChI=1S/C10H22O5/c1-3-14-9(5-6-11)10(7-12,8-13)15-4-2/h9,11-13H,3-8H2,1-2H3. The quantitative estimate of drug-likeness (QED) is 0.492. The Morgan fingerprint density at radius 3 is 2.00 bits per heavy atom. The minimum absolute atomic E-state index is 0.0699. The van der Waals surface area contributed by atoms with Gasteiger partial charge in [-0.25, -0.2) is 0 Å². The molecule has 5 heteroatoms. The summed E-state index contributed by atoms with van der Waals surface area (Å²) < 4.78 is 10.7. The van der Waals surface area contributed by atoms with Gasteiger partial charge in [0.25, 0.3) is 0 Å². The van der Waals surface area contributed by atoms with Gasteiger partial charge in [0, 0.05) is 19.8 Å². The normalized spacial score (nSPS) is 14.2. The number of ether oxygens (including phenoxy) is 2. The fourth-order valence-electron chi connectivity index (χ4n) is 1.54. The Morgan fingerprint density at radius 2 is 1.67 bits per heavy atom. The lowest BCUT2D eigenvalue weighted by atomic mass is 9.95. The third-order valence-electron chi connectivity index (χ3n) is 2.31. The lowest BCUT2D eigenvalue weighted by Crippen LogP contribution is -2.53. The minimum atomic E-state index is -1.12. The van der Waals surface area contributed by atoms with Crippen LogP contribution >= 0.6 is 0 Å². The molecular formula is C10H22O5. The second-order valence-electron chi connectivity index (χ2n) is 3.27. The fourth-order valence-corrected chi connectivity index (χ4v) is 1.54. The molecule has 0 bridgehead atoms. The summed E-state index contributed by atoms with van der Waals surface area (Å²) >= 11 is 0. The zero-order valence-electron chi connectivity index (χ0n) is 9.48. The van der Waals surface area contributed by atoms with Crippen LogP contribution < -0.4 is 0 Å². The highest BCUT2D eigenvalue weighted by Crippen LogP contribution is 2.21. The molecule has 0 rings (SSSR count). The molecule has 0 spiro atoms. The maximum absolute atomic E-state index is 9.28. The molecule has 0 aromatic heterocycles. The molecule has 0 radical (unpaired) electrons. The predicted molar refractivity (Wildman–Crippen MR) is 55.6 cm³/mol. The van der Waals surface area contributed by atoms with Gasteiger partial charge in [0.15, 0.2) is 0 Å². The van der Waals surface area contributed by atoms with Crippen LogP contribution in [0.2, 0.25) is 0 Å². The number of aliphatic hydroxyl groups excluding tert-OH is 3. The van der Waals surface area contributed by atoms with Crippen molar-refractivity contribution in [1.82, 2.24) is 0 Å². The minimum Gasteiger partial charge on any atom is -0.396 e. The van der Waals surface area contributed by atoms with Crippen LogP contribution in [0, 0.1) is 0 Å². The van der Waals surface area contributed by atoms with Crippen molar-refractivity contribution in [3.05, 3.63) is 0 Å². The molecular weight excluding hydrogens is 200 g/mol. The van der Waals surface area contributed by atoms with Crippen molar-refractivity contribution in [3.8, 4) is 0 Å². The summed E-state index contributed by atoms with van der Waals surface area (Å²) in [6, 6.07) is 0. The molecule has 92 valence electrons. The zero-order chi connectivity index (χ0) is 11.7. The van der Waals surface area contributed by atoms with Gasteiger partial charge in [0.2, 0.25) is 0 Å². The maximum Gasteiger partial charge on any atom is 0.140 e. The Labute approximate surface area is 90.6 Å². The number of hydrogen-bond donors (Lipinski definition) is 3. The van der Waals surface area contributed by atoms with E-state index in [0.717, 1.165) is 0 Å². The van der Waals surface area contributed by atoms with Crippen molar-refractivity contribution in [3.63, 3.8) is 0 Å². The zero-order valence-corrected chi connectivity index (χ0v) is 9.48. The van der Waals surface area contributed by atoms with E-state index in [4.69, 9.17) is 14.6 Å². The van der Waals surface area contributed by atoms with Gasteiger partial charge >= 0.3 is 0 Å². The summed E-state index contributed by atoms with van der Waals surface area (Å²) in [4.78, 5) is 0. The van der Waals surface area contributed by atoms with Gasteiger partial charge < -0.3 is 24.8 Å². The first kappa shape index (κ1) is 14.8. The molecule has 0 fully saturated rings. The van der Waals surface area contributed by atoms with Crippen LogP contribution in [0.4, 0.5) is 0 Å². The first-order valence-electron chi connectivity index (χ1n) is 5.28. The van der Waals surface area contributed by atoms with Crippen molar-refractivity contribution < 1.29 is 24.8 Å². The smallest absolute Gasteiger partial charge is 0.140 e. The van der Waals surface area contributed by atoms with Crippen LogP contribution in [-0.4, -0.2) is 60.1 Å². The Kier molecular flexibility index (Phi) is 7.90. The van der Waals surface area contributed by atoms with Gasteiger partial charge in [-0.05, 0) is 20.3 Å². The average molecular weight is 222 g/mol. The molecule has 0 saturated heterocycles. The lowest BCUT2D eigenvalue weighted by Gasteiger charge is -2.37. The second kappa shape index (κ2) is 8.01. The number of rotatable bonds is 9. The van der Waals surface area contributed by atoms with Crippen molar-refractivity contribution >= 4 is 0 Å². The highest BCUT2D eigenvalue weighted by Gasteiger charge is 2.39. The van der Waals surface area contributed by atoms with Crippen LogP contribution in [0.3, 0.4) is 0 Å². The van der Waals surface area contributed by atoms with E-state index in [0.29, 0.717) is 19.6 Å². The summed E-state index contributed by atoms with van der Waals surface area (Å²) in [5, 5.41) is 27.5. The van der Waals surface area contributed by atoms with Gasteiger partial charge in [0.05, 0.1) is 19.3 Å². The molecule has 0 aliphatic heterocycles. The molecule has 3 N–H and O–H groups in total. The molecule has 15 heavy (non-hydrogen) atoms. The fraction of sp³-hybridized carbons (Fsp3) is 1.00. The largest absolute Gasteiger partial charge is 0.396 e. The summed E-state index contributed by atoms with van der Waals surface area (Å²) in [5.41, 5.74) is -1.12. The third-order valence-corrected chi connectivity index (χ3v) is 2.31. The molecule has 0 aliphatic rings. The molecule has 1 unspecified atom stereocenters. The van der Waals surface area contributed by atoms with Gasteiger partial charge in [-0.3, -0.25) is 0 Å². The highest BCUT2D eigenvalue weighted by atomic mass is 16.6. The molecule has 0 saturated carbocycles. The van der Waals surface area contributed by atoms with E-state index in [2.05, 4.69) is 0 Å². The first-order chi connectivity index (χ1) is 7.20. The average Bonchev–Trinajstić information content (AvgIpc) is 2.26. The lowest BCUT2D eigenvalue weighted by molar-refractivity contribution is -0.185. The summed E-state index contributed by atoms with van der Waals surface area (Å²) in [5.74, 6) is 0. The van der Waals surface area contributed by atoms with Crippen molar-refractivity contribution in [2.24, 2.45) is 0 Å². The van der Waals surface area contributed by atoms with Gasteiger partial charge in [0.1, 0.15) is 5.60 Å². The van der Waals surface area contributed by atoms with Crippen molar-refractivity contribution in [2.45, 2.75) is 32.0 Å². The van der Waals surface area contributed by atoms with Gasteiger partial charge in [-0.2, -0.15) is 0 Å². The van der Waals surface area contributed by atoms with Crippen LogP contribution in [0.25, 0.3) is 0 Å². The van der Waals surface area contributed by atoms with E-state index < -0.39 is 11.7 Å². The van der Waals surface area contributed by atoms with Crippen LogP contribution in [0.15, 0.2) is 0 Å². The Morgan fingerprint density at radius 1 is 1.07 bits per heavy atom. The predicted octanol–water partition coefficient (Wildman–Crippen LogP) is -0.466. The third kappa shape index (κ3) is 4.04. The van der Waals surface area contributed by atoms with E-state index >= 15 is 0 Å². The molecule has 0 heterocycles. The van der Waals surface area contributed by atoms with Crippen LogP contribution in [-0.2, 0) is 9.47 Å². The van der Waals surface area contributed by atoms with E-state index in [9.17, 15) is 10.2 Å². The monoisotopic (exact) mass is 222 g/mol. The van der Waals surface area contributed by atoms with E-state index in [1.807, 2.05) is 6.92 Å². The van der Waals surface area contributed by atoms with Crippen molar-refractivity contribution in [1.29, 1.82) is 0 Å². The van der Waals surface area contributed by atoms with E-state index in [1.54, 1.807) is 6.92 Å². The van der Waals surface area contributed by atoms with Gasteiger partial charge in [-0.15, -0.1) is 0 Å². The number of hydrogen-bond acceptors (Lipinski definition) is 5. The van der Waals surface area contributed by atoms with E-state index in [-0.39, 0.29) is 19.8 Å².